The lowest BCUT2D eigenvalue weighted by molar-refractivity contribution is 1.37. The van der Waals surface area contributed by atoms with Crippen molar-refractivity contribution >= 4 is 39.0 Å². The molecule has 92 valence electrons. The van der Waals surface area contributed by atoms with Gasteiger partial charge in [0.2, 0.25) is 0 Å². The molecule has 0 aliphatic rings. The van der Waals surface area contributed by atoms with Gasteiger partial charge in [0.25, 0.3) is 0 Å². The summed E-state index contributed by atoms with van der Waals surface area (Å²) in [6, 6.07) is 20.4. The van der Waals surface area contributed by atoms with Gasteiger partial charge in [0.05, 0.1) is 11.2 Å². The van der Waals surface area contributed by atoms with Crippen molar-refractivity contribution in [3.63, 3.8) is 0 Å². The highest BCUT2D eigenvalue weighted by molar-refractivity contribution is 9.10. The van der Waals surface area contributed by atoms with Gasteiger partial charge in [-0.2, -0.15) is 0 Å². The van der Waals surface area contributed by atoms with E-state index in [9.17, 15) is 0 Å². The van der Waals surface area contributed by atoms with Crippen LogP contribution < -0.4 is 0 Å². The van der Waals surface area contributed by atoms with Gasteiger partial charge < -0.3 is 0 Å². The Kier molecular flexibility index (Phi) is 3.43. The zero-order valence-electron chi connectivity index (χ0n) is 10.3. The number of nitrogens with zero attached hydrogens (tertiary/aromatic N) is 1. The molecule has 0 fully saturated rings. The molecule has 1 aromatic heterocycles. The van der Waals surface area contributed by atoms with Crippen LogP contribution in [0.5, 0.6) is 0 Å². The molecule has 0 saturated heterocycles. The van der Waals surface area contributed by atoms with Crippen LogP contribution >= 0.6 is 15.9 Å². The molecule has 0 radical (unpaired) electrons. The van der Waals surface area contributed by atoms with Gasteiger partial charge >= 0.3 is 0 Å². The number of pyridine rings is 1. The molecule has 0 aliphatic heterocycles. The molecule has 2 heteroatoms. The first-order chi connectivity index (χ1) is 9.33. The lowest BCUT2D eigenvalue weighted by atomic mass is 10.1. The first kappa shape index (κ1) is 12.1. The highest BCUT2D eigenvalue weighted by Crippen LogP contribution is 2.22. The number of aromatic nitrogens is 1. The van der Waals surface area contributed by atoms with Gasteiger partial charge in [-0.05, 0) is 35.9 Å². The summed E-state index contributed by atoms with van der Waals surface area (Å²) in [5.41, 5.74) is 3.15. The van der Waals surface area contributed by atoms with E-state index >= 15 is 0 Å². The van der Waals surface area contributed by atoms with E-state index in [1.54, 1.807) is 0 Å². The highest BCUT2D eigenvalue weighted by atomic mass is 79.9. The Labute approximate surface area is 120 Å². The zero-order chi connectivity index (χ0) is 13.1. The molecule has 0 aliphatic carbocycles. The molecule has 0 spiro atoms. The number of hydrogen-bond donors (Lipinski definition) is 0. The number of rotatable bonds is 2. The second-order valence-corrected chi connectivity index (χ2v) is 5.14. The van der Waals surface area contributed by atoms with Gasteiger partial charge in [0.15, 0.2) is 0 Å². The van der Waals surface area contributed by atoms with Crippen molar-refractivity contribution < 1.29 is 0 Å². The average Bonchev–Trinajstić information content (AvgIpc) is 2.46. The molecule has 0 amide bonds. The van der Waals surface area contributed by atoms with E-state index in [1.807, 2.05) is 48.5 Å². The Morgan fingerprint density at radius 1 is 0.789 bits per heavy atom. The minimum Gasteiger partial charge on any atom is -0.248 e. The van der Waals surface area contributed by atoms with Crippen LogP contribution in [0.1, 0.15) is 11.3 Å². The summed E-state index contributed by atoms with van der Waals surface area (Å²) in [4.78, 5) is 4.63. The summed E-state index contributed by atoms with van der Waals surface area (Å²) in [7, 11) is 0. The van der Waals surface area contributed by atoms with Crippen molar-refractivity contribution in [2.45, 2.75) is 0 Å². The van der Waals surface area contributed by atoms with Crippen LogP contribution in [0.15, 0.2) is 65.1 Å². The molecule has 0 atom stereocenters. The zero-order valence-corrected chi connectivity index (χ0v) is 11.8. The second-order valence-electron chi connectivity index (χ2n) is 4.29. The first-order valence-corrected chi connectivity index (χ1v) is 6.91. The third-order valence-corrected chi connectivity index (χ3v) is 3.64. The van der Waals surface area contributed by atoms with Gasteiger partial charge in [-0.1, -0.05) is 58.4 Å². The predicted molar refractivity (Wildman–Crippen MR) is 84.8 cm³/mol. The predicted octanol–water partition coefficient (Wildman–Crippen LogP) is 5.17. The monoisotopic (exact) mass is 309 g/mol. The summed E-state index contributed by atoms with van der Waals surface area (Å²) >= 11 is 3.54. The van der Waals surface area contributed by atoms with Crippen molar-refractivity contribution in [3.8, 4) is 0 Å². The minimum atomic E-state index is 0.967. The fraction of sp³-hybridized carbons (Fsp3) is 0. The van der Waals surface area contributed by atoms with Gasteiger partial charge in [0.1, 0.15) is 0 Å². The maximum absolute atomic E-state index is 4.63. The lowest BCUT2D eigenvalue weighted by Crippen LogP contribution is -1.83. The molecule has 1 heterocycles. The van der Waals surface area contributed by atoms with Crippen LogP contribution in [-0.4, -0.2) is 4.98 Å². The second kappa shape index (κ2) is 5.37. The Hall–Kier alpha value is -1.93. The number of fused-ring (bicyclic) bond motifs is 1. The van der Waals surface area contributed by atoms with Crippen molar-refractivity contribution in [1.82, 2.24) is 4.98 Å². The van der Waals surface area contributed by atoms with Crippen LogP contribution in [0.4, 0.5) is 0 Å². The molecule has 0 unspecified atom stereocenters. The van der Waals surface area contributed by atoms with E-state index < -0.39 is 0 Å². The SMILES string of the molecule is Brc1cccc2nc(/C=C/c3ccccc3)ccc12. The Bertz CT molecular complexity index is 733. The summed E-state index contributed by atoms with van der Waals surface area (Å²) < 4.78 is 1.08. The third-order valence-electron chi connectivity index (χ3n) is 2.95. The van der Waals surface area contributed by atoms with E-state index in [-0.39, 0.29) is 0 Å². The number of benzene rings is 2. The summed E-state index contributed by atoms with van der Waals surface area (Å²) in [6.45, 7) is 0. The standard InChI is InChI=1S/C17H12BrN/c18-16-7-4-8-17-15(16)12-11-14(19-17)10-9-13-5-2-1-3-6-13/h1-12H/b10-9+. The average molecular weight is 310 g/mol. The van der Waals surface area contributed by atoms with Crippen molar-refractivity contribution in [3.05, 3.63) is 76.4 Å². The Morgan fingerprint density at radius 2 is 1.63 bits per heavy atom. The summed E-state index contributed by atoms with van der Waals surface area (Å²) in [5.74, 6) is 0. The maximum atomic E-state index is 4.63. The molecule has 1 nitrogen and oxygen atoms in total. The van der Waals surface area contributed by atoms with E-state index in [0.29, 0.717) is 0 Å². The molecule has 0 bridgehead atoms. The molecular formula is C17H12BrN. The molecule has 0 N–H and O–H groups in total. The van der Waals surface area contributed by atoms with Crippen molar-refractivity contribution in [1.29, 1.82) is 0 Å². The molecule has 0 saturated carbocycles. The smallest absolute Gasteiger partial charge is 0.0720 e. The van der Waals surface area contributed by atoms with Crippen molar-refractivity contribution in [2.24, 2.45) is 0 Å². The van der Waals surface area contributed by atoms with E-state index in [1.165, 1.54) is 5.56 Å². The summed E-state index contributed by atoms with van der Waals surface area (Å²) in [5, 5.41) is 1.14. The molecule has 3 aromatic rings. The fourth-order valence-electron chi connectivity index (χ4n) is 1.97. The molecule has 19 heavy (non-hydrogen) atoms. The molecular weight excluding hydrogens is 298 g/mol. The minimum absolute atomic E-state index is 0.967. The number of hydrogen-bond acceptors (Lipinski definition) is 1. The Morgan fingerprint density at radius 3 is 2.47 bits per heavy atom. The Balaban J connectivity index is 1.96. The maximum Gasteiger partial charge on any atom is 0.0720 e. The normalized spacial score (nSPS) is 11.2. The largest absolute Gasteiger partial charge is 0.248 e. The fourth-order valence-corrected chi connectivity index (χ4v) is 2.46. The van der Waals surface area contributed by atoms with Crippen LogP contribution in [0.2, 0.25) is 0 Å². The van der Waals surface area contributed by atoms with Crippen LogP contribution in [0.3, 0.4) is 0 Å². The molecule has 2 aromatic carbocycles. The van der Waals surface area contributed by atoms with Gasteiger partial charge in [-0.25, -0.2) is 4.98 Å². The van der Waals surface area contributed by atoms with E-state index in [0.717, 1.165) is 21.1 Å². The first-order valence-electron chi connectivity index (χ1n) is 6.11. The van der Waals surface area contributed by atoms with E-state index in [4.69, 9.17) is 0 Å². The van der Waals surface area contributed by atoms with Crippen LogP contribution in [-0.2, 0) is 0 Å². The van der Waals surface area contributed by atoms with Gasteiger partial charge in [-0.3, -0.25) is 0 Å². The van der Waals surface area contributed by atoms with Crippen LogP contribution in [0, 0.1) is 0 Å². The number of halogens is 1. The molecule has 3 rings (SSSR count). The summed E-state index contributed by atoms with van der Waals surface area (Å²) in [6.07, 6.45) is 4.11. The third kappa shape index (κ3) is 2.74. The van der Waals surface area contributed by atoms with E-state index in [2.05, 4.69) is 45.2 Å². The highest BCUT2D eigenvalue weighted by Gasteiger charge is 1.99. The van der Waals surface area contributed by atoms with Crippen LogP contribution in [0.25, 0.3) is 23.1 Å². The van der Waals surface area contributed by atoms with Crippen molar-refractivity contribution in [2.75, 3.05) is 0 Å². The quantitative estimate of drug-likeness (QED) is 0.636. The lowest BCUT2D eigenvalue weighted by Gasteiger charge is -2.01. The van der Waals surface area contributed by atoms with Gasteiger partial charge in [0, 0.05) is 9.86 Å². The van der Waals surface area contributed by atoms with Gasteiger partial charge in [-0.15, -0.1) is 0 Å². The topological polar surface area (TPSA) is 12.9 Å².